The van der Waals surface area contributed by atoms with E-state index in [4.69, 9.17) is 5.11 Å². The Morgan fingerprint density at radius 1 is 1.36 bits per heavy atom. The van der Waals surface area contributed by atoms with Crippen LogP contribution in [0.4, 0.5) is 13.6 Å². The number of alkyl halides is 2. The summed E-state index contributed by atoms with van der Waals surface area (Å²) in [5.41, 5.74) is -0.264. The van der Waals surface area contributed by atoms with Crippen LogP contribution in [-0.2, 0) is 10.7 Å². The average molecular weight is 432 g/mol. The highest BCUT2D eigenvalue weighted by molar-refractivity contribution is 8.13. The summed E-state index contributed by atoms with van der Waals surface area (Å²) in [5, 5.41) is 18.4. The number of carbonyl (C=O) groups is 2. The number of benzene rings is 1. The Bertz CT molecular complexity index is 688. The van der Waals surface area contributed by atoms with E-state index in [0.717, 1.165) is 24.3 Å². The number of halogens is 2. The van der Waals surface area contributed by atoms with Crippen LogP contribution < -0.4 is 0 Å². The molecule has 0 aliphatic carbocycles. The van der Waals surface area contributed by atoms with Crippen LogP contribution in [0.3, 0.4) is 0 Å². The number of carboxylic acid groups (broad SMARTS) is 1. The molecule has 0 bridgehead atoms. The molecule has 0 spiro atoms. The van der Waals surface area contributed by atoms with Gasteiger partial charge in [-0.05, 0) is 18.6 Å². The highest BCUT2D eigenvalue weighted by Gasteiger charge is 2.39. The van der Waals surface area contributed by atoms with Crippen LogP contribution in [0.2, 0.25) is 0 Å². The molecule has 2 rings (SSSR count). The highest BCUT2D eigenvalue weighted by atomic mass is 32.2. The molecule has 1 aromatic rings. The monoisotopic (exact) mass is 431 g/mol. The number of nitrogens with zero attached hydrogens (tertiary/aromatic N) is 1. The van der Waals surface area contributed by atoms with E-state index in [2.05, 4.69) is 0 Å². The fourth-order valence-corrected chi connectivity index (χ4v) is 4.44. The van der Waals surface area contributed by atoms with Crippen molar-refractivity contribution in [2.75, 3.05) is 23.8 Å². The van der Waals surface area contributed by atoms with E-state index < -0.39 is 18.0 Å². The second kappa shape index (κ2) is 10.8. The van der Waals surface area contributed by atoms with Crippen molar-refractivity contribution in [3.8, 4) is 0 Å². The molecule has 2 atom stereocenters. The van der Waals surface area contributed by atoms with Crippen molar-refractivity contribution in [2.24, 2.45) is 0 Å². The van der Waals surface area contributed by atoms with Gasteiger partial charge in [0.15, 0.2) is 0 Å². The van der Waals surface area contributed by atoms with Gasteiger partial charge in [-0.2, -0.15) is 20.5 Å². The van der Waals surface area contributed by atoms with E-state index in [-0.39, 0.29) is 22.6 Å². The van der Waals surface area contributed by atoms with Crippen molar-refractivity contribution in [3.05, 3.63) is 48.0 Å². The number of unbranched alkanes of at least 4 members (excludes halogenated alkanes) is 1. The molecule has 0 aromatic heterocycles. The van der Waals surface area contributed by atoms with Gasteiger partial charge in [0.05, 0.1) is 11.8 Å². The van der Waals surface area contributed by atoms with Gasteiger partial charge < -0.3 is 15.1 Å². The minimum Gasteiger partial charge on any atom is -0.481 e. The lowest BCUT2D eigenvalue weighted by molar-refractivity contribution is -0.133. The molecular formula is C19H23F2NO4S2. The third kappa shape index (κ3) is 6.49. The first-order valence-electron chi connectivity index (χ1n) is 8.85. The second-order valence-electron chi connectivity index (χ2n) is 6.31. The Morgan fingerprint density at radius 3 is 2.75 bits per heavy atom. The molecule has 5 nitrogen and oxygen atoms in total. The van der Waals surface area contributed by atoms with Gasteiger partial charge in [0.2, 0.25) is 0 Å². The number of thioether (sulfide) groups is 2. The van der Waals surface area contributed by atoms with E-state index in [1.165, 1.54) is 42.1 Å². The molecule has 2 N–H and O–H groups in total. The molecule has 1 heterocycles. The molecule has 0 radical (unpaired) electrons. The number of carbonyl (C=O) groups excluding carboxylic acids is 1. The lowest BCUT2D eigenvalue weighted by Crippen LogP contribution is -2.34. The molecule has 1 aromatic carbocycles. The van der Waals surface area contributed by atoms with Crippen molar-refractivity contribution < 1.29 is 28.6 Å². The van der Waals surface area contributed by atoms with Crippen molar-refractivity contribution >= 4 is 34.7 Å². The average Bonchev–Trinajstić information content (AvgIpc) is 3.02. The van der Waals surface area contributed by atoms with Crippen molar-refractivity contribution in [3.63, 3.8) is 0 Å². The smallest absolute Gasteiger partial charge is 0.313 e. The number of amides is 1. The molecule has 1 saturated heterocycles. The van der Waals surface area contributed by atoms with Crippen molar-refractivity contribution in [1.29, 1.82) is 0 Å². The number of aliphatic hydroxyl groups is 1. The molecule has 1 amide bonds. The largest absolute Gasteiger partial charge is 0.481 e. The first kappa shape index (κ1) is 22.7. The number of carboxylic acids is 1. The van der Waals surface area contributed by atoms with Crippen LogP contribution in [0.15, 0.2) is 42.5 Å². The summed E-state index contributed by atoms with van der Waals surface area (Å²) >= 11 is 2.45. The quantitative estimate of drug-likeness (QED) is 0.410. The summed E-state index contributed by atoms with van der Waals surface area (Å²) in [4.78, 5) is 24.1. The summed E-state index contributed by atoms with van der Waals surface area (Å²) in [6, 6.07) is 6.79. The SMILES string of the molecule is O=C(O)CSCCCCN1C(=O)SCC1/C=C/C(O)C(F)(F)c1ccccc1. The molecule has 1 fully saturated rings. The molecular weight excluding hydrogens is 408 g/mol. The summed E-state index contributed by atoms with van der Waals surface area (Å²) in [5.74, 6) is -3.08. The van der Waals surface area contributed by atoms with Gasteiger partial charge in [0.25, 0.3) is 5.24 Å². The Morgan fingerprint density at radius 2 is 2.07 bits per heavy atom. The van der Waals surface area contributed by atoms with E-state index in [1.807, 2.05) is 0 Å². The van der Waals surface area contributed by atoms with Crippen LogP contribution in [0, 0.1) is 0 Å². The van der Waals surface area contributed by atoms with Gasteiger partial charge in [0.1, 0.15) is 6.10 Å². The molecule has 0 saturated carbocycles. The lowest BCUT2D eigenvalue weighted by atomic mass is 10.0. The van der Waals surface area contributed by atoms with Gasteiger partial charge >= 0.3 is 11.9 Å². The molecule has 9 heteroatoms. The highest BCUT2D eigenvalue weighted by Crippen LogP contribution is 2.33. The van der Waals surface area contributed by atoms with E-state index in [0.29, 0.717) is 24.5 Å². The van der Waals surface area contributed by atoms with Crippen LogP contribution >= 0.6 is 23.5 Å². The van der Waals surface area contributed by atoms with Crippen LogP contribution in [-0.4, -0.2) is 62.3 Å². The first-order valence-corrected chi connectivity index (χ1v) is 11.0. The van der Waals surface area contributed by atoms with Gasteiger partial charge in [-0.1, -0.05) is 54.2 Å². The minimum absolute atomic E-state index is 0.0530. The Balaban J connectivity index is 1.87. The number of hydrogen-bond acceptors (Lipinski definition) is 5. The topological polar surface area (TPSA) is 77.8 Å². The number of aliphatic carboxylic acids is 1. The molecule has 1 aliphatic heterocycles. The molecule has 154 valence electrons. The van der Waals surface area contributed by atoms with Crippen LogP contribution in [0.25, 0.3) is 0 Å². The van der Waals surface area contributed by atoms with Gasteiger partial charge in [-0.25, -0.2) is 0 Å². The Labute approximate surface area is 171 Å². The summed E-state index contributed by atoms with van der Waals surface area (Å²) < 4.78 is 28.7. The van der Waals surface area contributed by atoms with Crippen LogP contribution in [0.5, 0.6) is 0 Å². The maximum absolute atomic E-state index is 14.3. The van der Waals surface area contributed by atoms with E-state index in [9.17, 15) is 23.5 Å². The maximum Gasteiger partial charge on any atom is 0.313 e. The van der Waals surface area contributed by atoms with Gasteiger partial charge in [0, 0.05) is 17.9 Å². The number of aliphatic hydroxyl groups excluding tert-OH is 1. The number of hydrogen-bond donors (Lipinski definition) is 2. The van der Waals surface area contributed by atoms with Crippen molar-refractivity contribution in [2.45, 2.75) is 30.9 Å². The zero-order valence-electron chi connectivity index (χ0n) is 15.2. The summed E-state index contributed by atoms with van der Waals surface area (Å²) in [7, 11) is 0. The first-order chi connectivity index (χ1) is 13.3. The predicted molar refractivity (Wildman–Crippen MR) is 108 cm³/mol. The van der Waals surface area contributed by atoms with Gasteiger partial charge in [-0.15, -0.1) is 0 Å². The minimum atomic E-state index is -3.42. The Hall–Kier alpha value is -1.58. The second-order valence-corrected chi connectivity index (χ2v) is 8.39. The molecule has 2 unspecified atom stereocenters. The third-order valence-corrected chi connectivity index (χ3v) is 6.24. The Kier molecular flexibility index (Phi) is 8.78. The molecule has 28 heavy (non-hydrogen) atoms. The van der Waals surface area contributed by atoms with E-state index in [1.54, 1.807) is 11.0 Å². The normalized spacial score (nSPS) is 18.8. The predicted octanol–water partition coefficient (Wildman–Crippen LogP) is 3.83. The van der Waals surface area contributed by atoms with Crippen LogP contribution in [0.1, 0.15) is 18.4 Å². The maximum atomic E-state index is 14.3. The van der Waals surface area contributed by atoms with Crippen molar-refractivity contribution in [1.82, 2.24) is 4.90 Å². The summed E-state index contributed by atoms with van der Waals surface area (Å²) in [6.07, 6.45) is 2.01. The summed E-state index contributed by atoms with van der Waals surface area (Å²) in [6.45, 7) is 0.472. The zero-order valence-corrected chi connectivity index (χ0v) is 16.8. The fraction of sp³-hybridized carbons (Fsp3) is 0.474. The zero-order chi connectivity index (χ0) is 20.6. The number of rotatable bonds is 11. The van der Waals surface area contributed by atoms with E-state index >= 15 is 0 Å². The standard InChI is InChI=1S/C19H23F2NO4S2/c20-19(21,14-6-2-1-3-7-14)16(23)9-8-15-12-28-18(26)22(15)10-4-5-11-27-13-17(24)25/h1-3,6-9,15-16,23H,4-5,10-13H2,(H,24,25)/b9-8+. The lowest BCUT2D eigenvalue weighted by Gasteiger charge is -2.23. The van der Waals surface area contributed by atoms with Gasteiger partial charge in [-0.3, -0.25) is 9.59 Å². The fourth-order valence-electron chi connectivity index (χ4n) is 2.71. The molecule has 1 aliphatic rings. The third-order valence-electron chi connectivity index (χ3n) is 4.22.